The summed E-state index contributed by atoms with van der Waals surface area (Å²) in [6, 6.07) is 37.0. The lowest BCUT2D eigenvalue weighted by atomic mass is 9.77. The van der Waals surface area contributed by atoms with Crippen LogP contribution in [0.5, 0.6) is 0 Å². The number of rotatable bonds is 6. The van der Waals surface area contributed by atoms with Gasteiger partial charge < -0.3 is 9.80 Å². The van der Waals surface area contributed by atoms with E-state index in [2.05, 4.69) is 168 Å². The Morgan fingerprint density at radius 2 is 0.875 bits per heavy atom. The standard InChI is InChI=1S/C46H48N2/c1-29-17-21-37(25-33(29)5)47(38-22-18-30(2)34(6)26-38)45-41-13-9-11-15-43(41)46(44-16-12-10-14-42(44)45)48(39-23-19-31(3)35(7)27-39)40-24-20-32(4)36(8)28-40/h9,11,13-15,17-28,44H,10,12,16H2,1-8H3. The predicted octanol–water partition coefficient (Wildman–Crippen LogP) is 10.8. The SMILES string of the molecule is Cc1ccc(N(C2=c3ccccc3=C(N(c3ccc(C)c(C)c3)c3ccc(C)c(C)c3)C3CCCC=C23)c2ccc(C)c(C)c2)cc1C. The maximum absolute atomic E-state index is 2.58. The van der Waals surface area contributed by atoms with Crippen molar-refractivity contribution in [1.82, 2.24) is 0 Å². The maximum Gasteiger partial charge on any atom is 0.0576 e. The Morgan fingerprint density at radius 1 is 0.458 bits per heavy atom. The van der Waals surface area contributed by atoms with Gasteiger partial charge in [-0.2, -0.15) is 0 Å². The van der Waals surface area contributed by atoms with E-state index in [-0.39, 0.29) is 5.92 Å². The van der Waals surface area contributed by atoms with Crippen molar-refractivity contribution in [3.8, 4) is 0 Å². The van der Waals surface area contributed by atoms with Gasteiger partial charge in [0.2, 0.25) is 0 Å². The van der Waals surface area contributed by atoms with Gasteiger partial charge in [0.15, 0.2) is 0 Å². The number of aryl methyl sites for hydroxylation is 8. The minimum atomic E-state index is 0.243. The Kier molecular flexibility index (Phi) is 8.37. The molecule has 1 unspecified atom stereocenters. The average Bonchev–Trinajstić information content (AvgIpc) is 3.08. The zero-order valence-electron chi connectivity index (χ0n) is 29.9. The Hall–Kier alpha value is -4.82. The molecule has 0 amide bonds. The minimum absolute atomic E-state index is 0.243. The molecule has 0 bridgehead atoms. The lowest BCUT2D eigenvalue weighted by Crippen LogP contribution is -2.45. The second-order valence-electron chi connectivity index (χ2n) is 14.2. The second-order valence-corrected chi connectivity index (χ2v) is 14.2. The van der Waals surface area contributed by atoms with Crippen LogP contribution in [0, 0.1) is 61.3 Å². The molecule has 0 spiro atoms. The molecule has 0 fully saturated rings. The fourth-order valence-corrected chi connectivity index (χ4v) is 7.50. The van der Waals surface area contributed by atoms with Crippen molar-refractivity contribution >= 4 is 34.1 Å². The smallest absolute Gasteiger partial charge is 0.0576 e. The molecule has 0 heterocycles. The van der Waals surface area contributed by atoms with Gasteiger partial charge in [0.1, 0.15) is 0 Å². The van der Waals surface area contributed by atoms with Crippen LogP contribution in [0.1, 0.15) is 63.8 Å². The Bertz CT molecular complexity index is 2110. The number of allylic oxidation sites excluding steroid dienone is 1. The Balaban J connectivity index is 1.62. The van der Waals surface area contributed by atoms with Crippen molar-refractivity contribution in [3.05, 3.63) is 164 Å². The summed E-state index contributed by atoms with van der Waals surface area (Å²) in [5.41, 5.74) is 19.5. The molecule has 5 aromatic rings. The number of fused-ring (bicyclic) bond motifs is 2. The quantitative estimate of drug-likeness (QED) is 0.185. The van der Waals surface area contributed by atoms with Crippen molar-refractivity contribution < 1.29 is 0 Å². The van der Waals surface area contributed by atoms with Gasteiger partial charge in [0, 0.05) is 44.8 Å². The molecule has 0 aliphatic heterocycles. The van der Waals surface area contributed by atoms with Crippen LogP contribution in [-0.4, -0.2) is 0 Å². The largest absolute Gasteiger partial charge is 0.313 e. The van der Waals surface area contributed by atoms with E-state index in [1.165, 1.54) is 101 Å². The molecule has 0 N–H and O–H groups in total. The van der Waals surface area contributed by atoms with E-state index in [0.717, 1.165) is 12.8 Å². The number of benzene rings is 5. The van der Waals surface area contributed by atoms with Crippen LogP contribution in [0.15, 0.2) is 109 Å². The first-order chi connectivity index (χ1) is 23.1. The monoisotopic (exact) mass is 628 g/mol. The van der Waals surface area contributed by atoms with Crippen LogP contribution >= 0.6 is 0 Å². The summed E-state index contributed by atoms with van der Waals surface area (Å²) in [6.07, 6.45) is 5.92. The molecule has 0 aromatic heterocycles. The summed E-state index contributed by atoms with van der Waals surface area (Å²) in [5, 5.41) is 2.59. The van der Waals surface area contributed by atoms with E-state index < -0.39 is 0 Å². The van der Waals surface area contributed by atoms with E-state index in [9.17, 15) is 0 Å². The highest BCUT2D eigenvalue weighted by Crippen LogP contribution is 2.47. The maximum atomic E-state index is 2.58. The molecule has 48 heavy (non-hydrogen) atoms. The first-order valence-corrected chi connectivity index (χ1v) is 17.6. The molecular formula is C46H48N2. The van der Waals surface area contributed by atoms with E-state index in [0.29, 0.717) is 0 Å². The normalized spacial score (nSPS) is 15.5. The molecule has 2 aliphatic rings. The van der Waals surface area contributed by atoms with Crippen molar-refractivity contribution in [3.63, 3.8) is 0 Å². The summed E-state index contributed by atoms with van der Waals surface area (Å²) in [5.74, 6) is 0.243. The zero-order chi connectivity index (χ0) is 33.7. The molecule has 1 atom stereocenters. The lowest BCUT2D eigenvalue weighted by molar-refractivity contribution is 0.609. The molecular weight excluding hydrogens is 581 g/mol. The van der Waals surface area contributed by atoms with E-state index in [1.54, 1.807) is 0 Å². The van der Waals surface area contributed by atoms with Crippen LogP contribution in [-0.2, 0) is 0 Å². The number of nitrogens with zero attached hydrogens (tertiary/aromatic N) is 2. The highest BCUT2D eigenvalue weighted by Gasteiger charge is 2.36. The summed E-state index contributed by atoms with van der Waals surface area (Å²) in [7, 11) is 0. The lowest BCUT2D eigenvalue weighted by Gasteiger charge is -2.42. The summed E-state index contributed by atoms with van der Waals surface area (Å²) in [6.45, 7) is 17.8. The number of hydrogen-bond acceptors (Lipinski definition) is 2. The Labute approximate surface area is 287 Å². The fourth-order valence-electron chi connectivity index (χ4n) is 7.50. The first-order valence-electron chi connectivity index (χ1n) is 17.6. The second kappa shape index (κ2) is 12.7. The summed E-state index contributed by atoms with van der Waals surface area (Å²) in [4.78, 5) is 5.13. The molecule has 0 saturated heterocycles. The molecule has 0 saturated carbocycles. The third-order valence-electron chi connectivity index (χ3n) is 11.0. The van der Waals surface area contributed by atoms with Crippen LogP contribution in [0.2, 0.25) is 0 Å². The van der Waals surface area contributed by atoms with Crippen molar-refractivity contribution in [2.24, 2.45) is 5.92 Å². The first kappa shape index (κ1) is 31.8. The molecule has 7 rings (SSSR count). The van der Waals surface area contributed by atoms with Gasteiger partial charge in [-0.3, -0.25) is 0 Å². The fraction of sp³-hybridized carbons (Fsp3) is 0.261. The van der Waals surface area contributed by atoms with E-state index in [4.69, 9.17) is 0 Å². The summed E-state index contributed by atoms with van der Waals surface area (Å²) >= 11 is 0. The minimum Gasteiger partial charge on any atom is -0.313 e. The topological polar surface area (TPSA) is 6.48 Å². The van der Waals surface area contributed by atoms with Crippen LogP contribution in [0.25, 0.3) is 11.4 Å². The molecule has 5 aromatic carbocycles. The molecule has 2 heteroatoms. The molecule has 0 radical (unpaired) electrons. The summed E-state index contributed by atoms with van der Waals surface area (Å²) < 4.78 is 0. The van der Waals surface area contributed by atoms with Crippen LogP contribution in [0.3, 0.4) is 0 Å². The van der Waals surface area contributed by atoms with E-state index in [1.807, 2.05) is 0 Å². The third-order valence-corrected chi connectivity index (χ3v) is 11.0. The zero-order valence-corrected chi connectivity index (χ0v) is 29.9. The predicted molar refractivity (Wildman–Crippen MR) is 206 cm³/mol. The van der Waals surface area contributed by atoms with Crippen LogP contribution in [0.4, 0.5) is 22.7 Å². The van der Waals surface area contributed by atoms with Crippen LogP contribution < -0.4 is 20.2 Å². The molecule has 242 valence electrons. The van der Waals surface area contributed by atoms with Gasteiger partial charge >= 0.3 is 0 Å². The third kappa shape index (κ3) is 5.58. The van der Waals surface area contributed by atoms with Crippen molar-refractivity contribution in [1.29, 1.82) is 0 Å². The van der Waals surface area contributed by atoms with Gasteiger partial charge in [-0.15, -0.1) is 0 Å². The van der Waals surface area contributed by atoms with Crippen molar-refractivity contribution in [2.45, 2.75) is 74.7 Å². The van der Waals surface area contributed by atoms with Gasteiger partial charge in [-0.05, 0) is 173 Å². The number of hydrogen-bond donors (Lipinski definition) is 0. The van der Waals surface area contributed by atoms with Gasteiger partial charge in [-0.25, -0.2) is 0 Å². The van der Waals surface area contributed by atoms with E-state index >= 15 is 0 Å². The van der Waals surface area contributed by atoms with Gasteiger partial charge in [0.25, 0.3) is 0 Å². The molecule has 2 nitrogen and oxygen atoms in total. The van der Waals surface area contributed by atoms with Gasteiger partial charge in [0.05, 0.1) is 5.70 Å². The van der Waals surface area contributed by atoms with Crippen molar-refractivity contribution in [2.75, 3.05) is 9.80 Å². The average molecular weight is 629 g/mol. The Morgan fingerprint density at radius 3 is 1.31 bits per heavy atom. The highest BCUT2D eigenvalue weighted by molar-refractivity contribution is 5.94. The highest BCUT2D eigenvalue weighted by atomic mass is 15.2. The van der Waals surface area contributed by atoms with Gasteiger partial charge in [-0.1, -0.05) is 54.6 Å². The molecule has 2 aliphatic carbocycles. The number of anilines is 4.